The first-order valence-corrected chi connectivity index (χ1v) is 6.41. The molecule has 102 valence electrons. The van der Waals surface area contributed by atoms with Crippen molar-refractivity contribution in [2.45, 2.75) is 6.92 Å². The summed E-state index contributed by atoms with van der Waals surface area (Å²) in [6, 6.07) is 4.26. The van der Waals surface area contributed by atoms with Crippen molar-refractivity contribution in [1.82, 2.24) is 5.32 Å². The van der Waals surface area contributed by atoms with Crippen LogP contribution >= 0.6 is 11.6 Å². The van der Waals surface area contributed by atoms with Gasteiger partial charge in [-0.2, -0.15) is 0 Å². The molecule has 1 heterocycles. The van der Waals surface area contributed by atoms with Crippen molar-refractivity contribution in [1.29, 1.82) is 0 Å². The summed E-state index contributed by atoms with van der Waals surface area (Å²) >= 11 is 5.97. The lowest BCUT2D eigenvalue weighted by Gasteiger charge is -2.15. The summed E-state index contributed by atoms with van der Waals surface area (Å²) in [5, 5.41) is 15.0. The van der Waals surface area contributed by atoms with Crippen LogP contribution in [0.2, 0.25) is 5.02 Å². The number of benzene rings is 1. The molecule has 1 aromatic rings. The Balaban J connectivity index is 2.11. The fraction of sp³-hybridized carbons (Fsp3) is 0.385. The summed E-state index contributed by atoms with van der Waals surface area (Å²) < 4.78 is 0. The van der Waals surface area contributed by atoms with E-state index in [1.165, 1.54) is 18.2 Å². The van der Waals surface area contributed by atoms with E-state index in [0.717, 1.165) is 6.54 Å². The van der Waals surface area contributed by atoms with Gasteiger partial charge in [0.1, 0.15) is 0 Å². The fourth-order valence-electron chi connectivity index (χ4n) is 2.14. The van der Waals surface area contributed by atoms with Gasteiger partial charge >= 0.3 is 5.97 Å². The zero-order valence-corrected chi connectivity index (χ0v) is 11.2. The van der Waals surface area contributed by atoms with Gasteiger partial charge in [-0.3, -0.25) is 4.79 Å². The van der Waals surface area contributed by atoms with Gasteiger partial charge in [-0.15, -0.1) is 0 Å². The van der Waals surface area contributed by atoms with E-state index in [4.69, 9.17) is 16.7 Å². The average molecular weight is 283 g/mol. The monoisotopic (exact) mass is 282 g/mol. The molecule has 1 aliphatic heterocycles. The van der Waals surface area contributed by atoms with E-state index in [0.29, 0.717) is 12.2 Å². The van der Waals surface area contributed by atoms with Crippen LogP contribution in [-0.4, -0.2) is 30.1 Å². The fourth-order valence-corrected chi connectivity index (χ4v) is 2.36. The van der Waals surface area contributed by atoms with Crippen LogP contribution in [0.15, 0.2) is 18.2 Å². The Hall–Kier alpha value is -1.59. The number of anilines is 1. The molecule has 1 aromatic carbocycles. The van der Waals surface area contributed by atoms with E-state index in [1.807, 2.05) is 6.92 Å². The van der Waals surface area contributed by atoms with E-state index in [1.54, 1.807) is 0 Å². The van der Waals surface area contributed by atoms with Crippen LogP contribution in [0.25, 0.3) is 0 Å². The molecular weight excluding hydrogens is 268 g/mol. The first-order chi connectivity index (χ1) is 8.99. The Bertz CT molecular complexity index is 519. The molecule has 0 spiro atoms. The van der Waals surface area contributed by atoms with E-state index in [9.17, 15) is 9.59 Å². The molecule has 1 amide bonds. The molecule has 19 heavy (non-hydrogen) atoms. The van der Waals surface area contributed by atoms with E-state index in [2.05, 4.69) is 10.6 Å². The first-order valence-electron chi connectivity index (χ1n) is 6.03. The van der Waals surface area contributed by atoms with Crippen LogP contribution in [0, 0.1) is 11.8 Å². The molecule has 2 atom stereocenters. The van der Waals surface area contributed by atoms with Crippen LogP contribution < -0.4 is 10.6 Å². The molecule has 0 aliphatic carbocycles. The smallest absolute Gasteiger partial charge is 0.335 e. The molecule has 5 nitrogen and oxygen atoms in total. The minimum Gasteiger partial charge on any atom is -0.478 e. The molecule has 0 aromatic heterocycles. The highest BCUT2D eigenvalue weighted by atomic mass is 35.5. The van der Waals surface area contributed by atoms with Gasteiger partial charge < -0.3 is 15.7 Å². The molecular formula is C13H15ClN2O3. The first kappa shape index (κ1) is 13.8. The minimum atomic E-state index is -1.05. The normalized spacial score (nSPS) is 22.2. The average Bonchev–Trinajstić information content (AvgIpc) is 2.77. The standard InChI is InChI=1S/C13H15ClN2O3/c1-7-5-15-6-9(7)12(17)16-11-3-2-8(13(18)19)4-10(11)14/h2-4,7,9,15H,5-6H2,1H3,(H,16,17)(H,18,19). The summed E-state index contributed by atoms with van der Waals surface area (Å²) in [5.41, 5.74) is 0.537. The lowest BCUT2D eigenvalue weighted by Crippen LogP contribution is -2.28. The maximum atomic E-state index is 12.1. The minimum absolute atomic E-state index is 0.0878. The van der Waals surface area contributed by atoms with Gasteiger partial charge in [0, 0.05) is 6.54 Å². The van der Waals surface area contributed by atoms with Gasteiger partial charge in [-0.05, 0) is 30.7 Å². The molecule has 1 aliphatic rings. The topological polar surface area (TPSA) is 78.4 Å². The second-order valence-corrected chi connectivity index (χ2v) is 5.14. The zero-order chi connectivity index (χ0) is 14.0. The third-order valence-electron chi connectivity index (χ3n) is 3.33. The van der Waals surface area contributed by atoms with E-state index < -0.39 is 5.97 Å². The zero-order valence-electron chi connectivity index (χ0n) is 10.4. The third-order valence-corrected chi connectivity index (χ3v) is 3.64. The molecule has 2 unspecified atom stereocenters. The summed E-state index contributed by atoms with van der Waals surface area (Å²) in [7, 11) is 0. The predicted octanol–water partition coefficient (Wildman–Crippen LogP) is 1.83. The largest absolute Gasteiger partial charge is 0.478 e. The Morgan fingerprint density at radius 2 is 2.16 bits per heavy atom. The number of carboxylic acids is 1. The Morgan fingerprint density at radius 3 is 2.68 bits per heavy atom. The van der Waals surface area contributed by atoms with Crippen LogP contribution in [0.4, 0.5) is 5.69 Å². The SMILES string of the molecule is CC1CNCC1C(=O)Nc1ccc(C(=O)O)cc1Cl. The Labute approximate surface area is 116 Å². The van der Waals surface area contributed by atoms with Gasteiger partial charge in [-0.1, -0.05) is 18.5 Å². The van der Waals surface area contributed by atoms with E-state index in [-0.39, 0.29) is 28.3 Å². The lowest BCUT2D eigenvalue weighted by atomic mass is 9.97. The van der Waals surface area contributed by atoms with Crippen LogP contribution in [0.5, 0.6) is 0 Å². The molecule has 6 heteroatoms. The van der Waals surface area contributed by atoms with Crippen molar-refractivity contribution in [3.8, 4) is 0 Å². The highest BCUT2D eigenvalue weighted by Gasteiger charge is 2.29. The van der Waals surface area contributed by atoms with Crippen LogP contribution in [-0.2, 0) is 4.79 Å². The van der Waals surface area contributed by atoms with Crippen molar-refractivity contribution < 1.29 is 14.7 Å². The highest BCUT2D eigenvalue weighted by Crippen LogP contribution is 2.25. The lowest BCUT2D eigenvalue weighted by molar-refractivity contribution is -0.120. The number of carboxylic acid groups (broad SMARTS) is 1. The summed E-state index contributed by atoms with van der Waals surface area (Å²) in [4.78, 5) is 22.9. The van der Waals surface area contributed by atoms with E-state index >= 15 is 0 Å². The molecule has 0 saturated carbocycles. The number of aromatic carboxylic acids is 1. The molecule has 1 saturated heterocycles. The summed E-state index contributed by atoms with van der Waals surface area (Å²) in [6.07, 6.45) is 0. The van der Waals surface area contributed by atoms with Crippen molar-refractivity contribution in [3.63, 3.8) is 0 Å². The number of hydrogen-bond acceptors (Lipinski definition) is 3. The predicted molar refractivity (Wildman–Crippen MR) is 72.6 cm³/mol. The van der Waals surface area contributed by atoms with Crippen molar-refractivity contribution in [2.75, 3.05) is 18.4 Å². The number of nitrogens with one attached hydrogen (secondary N) is 2. The summed E-state index contributed by atoms with van der Waals surface area (Å²) in [6.45, 7) is 3.49. The molecule has 1 fully saturated rings. The number of carbonyl (C=O) groups excluding carboxylic acids is 1. The number of carbonyl (C=O) groups is 2. The Kier molecular flexibility index (Phi) is 4.07. The summed E-state index contributed by atoms with van der Waals surface area (Å²) in [5.74, 6) is -0.955. The second kappa shape index (κ2) is 5.59. The van der Waals surface area contributed by atoms with Crippen molar-refractivity contribution >= 4 is 29.2 Å². The van der Waals surface area contributed by atoms with Crippen molar-refractivity contribution in [2.24, 2.45) is 11.8 Å². The quantitative estimate of drug-likeness (QED) is 0.790. The second-order valence-electron chi connectivity index (χ2n) is 4.73. The Morgan fingerprint density at radius 1 is 1.42 bits per heavy atom. The number of amides is 1. The molecule has 0 bridgehead atoms. The highest BCUT2D eigenvalue weighted by molar-refractivity contribution is 6.34. The number of hydrogen-bond donors (Lipinski definition) is 3. The van der Waals surface area contributed by atoms with Gasteiger partial charge in [0.15, 0.2) is 0 Å². The molecule has 0 radical (unpaired) electrons. The molecule has 2 rings (SSSR count). The van der Waals surface area contributed by atoms with Gasteiger partial charge in [-0.25, -0.2) is 4.79 Å². The van der Waals surface area contributed by atoms with Gasteiger partial charge in [0.25, 0.3) is 0 Å². The molecule has 3 N–H and O–H groups in total. The van der Waals surface area contributed by atoms with Crippen molar-refractivity contribution in [3.05, 3.63) is 28.8 Å². The maximum Gasteiger partial charge on any atom is 0.335 e. The van der Waals surface area contributed by atoms with Crippen LogP contribution in [0.3, 0.4) is 0 Å². The van der Waals surface area contributed by atoms with Crippen LogP contribution in [0.1, 0.15) is 17.3 Å². The maximum absolute atomic E-state index is 12.1. The number of rotatable bonds is 3. The van der Waals surface area contributed by atoms with Gasteiger partial charge in [0.2, 0.25) is 5.91 Å². The third kappa shape index (κ3) is 3.05. The number of halogens is 1. The van der Waals surface area contributed by atoms with Gasteiger partial charge in [0.05, 0.1) is 22.2 Å².